The summed E-state index contributed by atoms with van der Waals surface area (Å²) in [6, 6.07) is 0. The van der Waals surface area contributed by atoms with E-state index >= 15 is 0 Å². The summed E-state index contributed by atoms with van der Waals surface area (Å²) in [5, 5.41) is 0. The van der Waals surface area contributed by atoms with E-state index in [1.165, 1.54) is 161 Å². The predicted octanol–water partition coefficient (Wildman–Crippen LogP) is 19.4. The first kappa shape index (κ1) is 64.8. The van der Waals surface area contributed by atoms with Gasteiger partial charge < -0.3 is 14.2 Å². The second-order valence-corrected chi connectivity index (χ2v) is 19.2. The van der Waals surface area contributed by atoms with E-state index in [-0.39, 0.29) is 37.5 Å². The molecule has 0 aromatic rings. The number of carbonyl (C=O) groups excluding carboxylic acids is 3. The number of hydrogen-bond acceptors (Lipinski definition) is 6. The van der Waals surface area contributed by atoms with Crippen LogP contribution in [0.25, 0.3) is 0 Å². The van der Waals surface area contributed by atoms with Crippen molar-refractivity contribution < 1.29 is 28.6 Å². The van der Waals surface area contributed by atoms with Gasteiger partial charge in [-0.15, -0.1) is 0 Å². The lowest BCUT2D eigenvalue weighted by molar-refractivity contribution is -0.167. The average Bonchev–Trinajstić information content (AvgIpc) is 3.34. The van der Waals surface area contributed by atoms with Crippen LogP contribution in [0.1, 0.15) is 284 Å². The van der Waals surface area contributed by atoms with E-state index < -0.39 is 6.10 Å². The van der Waals surface area contributed by atoms with Crippen LogP contribution in [0.15, 0.2) is 72.9 Å². The van der Waals surface area contributed by atoms with E-state index in [0.29, 0.717) is 19.3 Å². The first-order chi connectivity index (χ1) is 33.5. The molecule has 0 rings (SSSR count). The Morgan fingerprint density at radius 2 is 0.588 bits per heavy atom. The zero-order valence-corrected chi connectivity index (χ0v) is 44.9. The van der Waals surface area contributed by atoms with Crippen LogP contribution in [-0.2, 0) is 28.6 Å². The molecule has 6 heteroatoms. The highest BCUT2D eigenvalue weighted by Gasteiger charge is 2.19. The molecule has 0 bridgehead atoms. The van der Waals surface area contributed by atoms with Gasteiger partial charge in [0, 0.05) is 19.3 Å². The Bertz CT molecular complexity index is 1270. The minimum Gasteiger partial charge on any atom is -0.462 e. The van der Waals surface area contributed by atoms with E-state index in [1.807, 2.05) is 0 Å². The molecule has 0 heterocycles. The highest BCUT2D eigenvalue weighted by Crippen LogP contribution is 2.16. The van der Waals surface area contributed by atoms with Crippen LogP contribution in [0.2, 0.25) is 0 Å². The van der Waals surface area contributed by atoms with E-state index in [9.17, 15) is 14.4 Å². The van der Waals surface area contributed by atoms with Gasteiger partial charge in [0.15, 0.2) is 6.10 Å². The van der Waals surface area contributed by atoms with E-state index in [0.717, 1.165) is 77.0 Å². The molecule has 1 atom stereocenters. The van der Waals surface area contributed by atoms with Gasteiger partial charge >= 0.3 is 17.9 Å². The summed E-state index contributed by atoms with van der Waals surface area (Å²) < 4.78 is 16.8. The molecule has 0 amide bonds. The summed E-state index contributed by atoms with van der Waals surface area (Å²) >= 11 is 0. The largest absolute Gasteiger partial charge is 0.462 e. The Hall–Kier alpha value is -3.15. The van der Waals surface area contributed by atoms with Crippen molar-refractivity contribution in [3.63, 3.8) is 0 Å². The standard InChI is InChI=1S/C62H108O6/c1-4-7-10-13-16-19-22-25-27-29-30-31-32-34-36-38-41-44-47-50-53-56-62(65)68-59(57-66-60(63)54-51-48-45-42-39-24-21-18-15-12-9-6-3)58-67-61(64)55-52-49-46-43-40-37-35-33-28-26-23-20-17-14-11-8-5-2/h8,11,17,20,25-28,35,37,43,46,59H,4-7,9-10,12-16,18-19,21-24,29-34,36,38-42,44-45,47-58H2,1-3H3/b11-8-,20-17-,27-25-,28-26-,37-35-,46-43-/t59-/m0/s1. The van der Waals surface area contributed by atoms with E-state index in [1.54, 1.807) is 0 Å². The van der Waals surface area contributed by atoms with Crippen molar-refractivity contribution in [1.82, 2.24) is 0 Å². The summed E-state index contributed by atoms with van der Waals surface area (Å²) in [6.07, 6.45) is 71.9. The van der Waals surface area contributed by atoms with Gasteiger partial charge in [0.2, 0.25) is 0 Å². The number of unbranched alkanes of at least 4 members (excludes halogenated alkanes) is 29. The van der Waals surface area contributed by atoms with Gasteiger partial charge in [-0.2, -0.15) is 0 Å². The van der Waals surface area contributed by atoms with Crippen LogP contribution >= 0.6 is 0 Å². The lowest BCUT2D eigenvalue weighted by atomic mass is 10.0. The number of allylic oxidation sites excluding steroid dienone is 12. The monoisotopic (exact) mass is 949 g/mol. The van der Waals surface area contributed by atoms with Gasteiger partial charge in [-0.05, 0) is 83.5 Å². The van der Waals surface area contributed by atoms with Crippen molar-refractivity contribution in [3.8, 4) is 0 Å². The first-order valence-corrected chi connectivity index (χ1v) is 28.9. The van der Waals surface area contributed by atoms with Crippen molar-refractivity contribution in [3.05, 3.63) is 72.9 Å². The fraction of sp³-hybridized carbons (Fsp3) is 0.758. The van der Waals surface area contributed by atoms with Gasteiger partial charge in [0.1, 0.15) is 13.2 Å². The third-order valence-corrected chi connectivity index (χ3v) is 12.4. The molecule has 0 aromatic carbocycles. The summed E-state index contributed by atoms with van der Waals surface area (Å²) in [6.45, 7) is 6.49. The van der Waals surface area contributed by atoms with Crippen LogP contribution in [0.3, 0.4) is 0 Å². The lowest BCUT2D eigenvalue weighted by Gasteiger charge is -2.18. The number of carbonyl (C=O) groups is 3. The summed E-state index contributed by atoms with van der Waals surface area (Å²) in [5.74, 6) is -0.943. The molecule has 0 radical (unpaired) electrons. The number of hydrogen-bond donors (Lipinski definition) is 0. The molecular weight excluding hydrogens is 841 g/mol. The van der Waals surface area contributed by atoms with Crippen molar-refractivity contribution in [2.24, 2.45) is 0 Å². The predicted molar refractivity (Wildman–Crippen MR) is 293 cm³/mol. The van der Waals surface area contributed by atoms with Crippen LogP contribution in [0.4, 0.5) is 0 Å². The molecule has 0 aliphatic carbocycles. The van der Waals surface area contributed by atoms with Crippen molar-refractivity contribution >= 4 is 17.9 Å². The van der Waals surface area contributed by atoms with Crippen molar-refractivity contribution in [1.29, 1.82) is 0 Å². The van der Waals surface area contributed by atoms with Gasteiger partial charge in [-0.25, -0.2) is 0 Å². The maximum atomic E-state index is 12.9. The molecule has 0 aliphatic rings. The molecule has 0 saturated carbocycles. The zero-order chi connectivity index (χ0) is 49.3. The summed E-state index contributed by atoms with van der Waals surface area (Å²) in [7, 11) is 0. The van der Waals surface area contributed by atoms with E-state index in [2.05, 4.69) is 93.7 Å². The smallest absolute Gasteiger partial charge is 0.306 e. The highest BCUT2D eigenvalue weighted by molar-refractivity contribution is 5.71. The molecule has 0 unspecified atom stereocenters. The Balaban J connectivity index is 4.40. The SMILES string of the molecule is CC/C=C\C/C=C\C/C=C\C/C=C\C/C=C\CCCC(=O)OC[C@H](COC(=O)CCCCCCCCCCCCCC)OC(=O)CCCCCCCCCCCCC/C=C\CCCCCCCC. The fourth-order valence-corrected chi connectivity index (χ4v) is 8.12. The Morgan fingerprint density at radius 3 is 0.971 bits per heavy atom. The normalized spacial score (nSPS) is 12.6. The van der Waals surface area contributed by atoms with Crippen LogP contribution in [-0.4, -0.2) is 37.2 Å². The fourth-order valence-electron chi connectivity index (χ4n) is 8.12. The Labute approximate surface area is 421 Å². The maximum Gasteiger partial charge on any atom is 0.306 e. The Morgan fingerprint density at radius 1 is 0.309 bits per heavy atom. The molecule has 6 nitrogen and oxygen atoms in total. The quantitative estimate of drug-likeness (QED) is 0.0262. The topological polar surface area (TPSA) is 78.9 Å². The van der Waals surface area contributed by atoms with Gasteiger partial charge in [-0.3, -0.25) is 14.4 Å². The third kappa shape index (κ3) is 53.8. The molecule has 0 saturated heterocycles. The molecule has 68 heavy (non-hydrogen) atoms. The molecule has 0 aromatic heterocycles. The number of ether oxygens (including phenoxy) is 3. The molecule has 0 aliphatic heterocycles. The minimum absolute atomic E-state index is 0.0908. The van der Waals surface area contributed by atoms with Gasteiger partial charge in [0.05, 0.1) is 0 Å². The van der Waals surface area contributed by atoms with Gasteiger partial charge in [-0.1, -0.05) is 254 Å². The molecule has 392 valence electrons. The minimum atomic E-state index is -0.797. The Kier molecular flexibility index (Phi) is 53.8. The maximum absolute atomic E-state index is 12.9. The van der Waals surface area contributed by atoms with Crippen LogP contribution in [0, 0.1) is 0 Å². The summed E-state index contributed by atoms with van der Waals surface area (Å²) in [5.41, 5.74) is 0. The molecule has 0 spiro atoms. The first-order valence-electron chi connectivity index (χ1n) is 28.9. The second-order valence-electron chi connectivity index (χ2n) is 19.2. The lowest BCUT2D eigenvalue weighted by Crippen LogP contribution is -2.30. The van der Waals surface area contributed by atoms with Crippen molar-refractivity contribution in [2.75, 3.05) is 13.2 Å². The van der Waals surface area contributed by atoms with Gasteiger partial charge in [0.25, 0.3) is 0 Å². The second kappa shape index (κ2) is 56.4. The van der Waals surface area contributed by atoms with Crippen molar-refractivity contribution in [2.45, 2.75) is 290 Å². The molecular formula is C62H108O6. The molecule has 0 fully saturated rings. The summed E-state index contributed by atoms with van der Waals surface area (Å²) in [4.78, 5) is 38.1. The van der Waals surface area contributed by atoms with E-state index in [4.69, 9.17) is 14.2 Å². The number of rotatable bonds is 52. The molecule has 0 N–H and O–H groups in total. The highest BCUT2D eigenvalue weighted by atomic mass is 16.6. The third-order valence-electron chi connectivity index (χ3n) is 12.4. The van der Waals surface area contributed by atoms with Crippen LogP contribution < -0.4 is 0 Å². The van der Waals surface area contributed by atoms with Crippen LogP contribution in [0.5, 0.6) is 0 Å². The number of esters is 3. The average molecular weight is 950 g/mol. The zero-order valence-electron chi connectivity index (χ0n) is 44.9.